The van der Waals surface area contributed by atoms with Crippen LogP contribution in [0.4, 0.5) is 0 Å². The lowest BCUT2D eigenvalue weighted by Gasteiger charge is -2.41. The molecule has 0 atom stereocenters. The van der Waals surface area contributed by atoms with Gasteiger partial charge in [0.05, 0.1) is 12.9 Å². The fraction of sp³-hybridized carbons (Fsp3) is 0.524. The van der Waals surface area contributed by atoms with E-state index in [1.54, 1.807) is 6.26 Å². The molecule has 0 aromatic heterocycles. The fourth-order valence-electron chi connectivity index (χ4n) is 3.66. The summed E-state index contributed by atoms with van der Waals surface area (Å²) in [4.78, 5) is 0. The zero-order valence-electron chi connectivity index (χ0n) is 16.2. The van der Waals surface area contributed by atoms with Crippen LogP contribution in [0.5, 0.6) is 0 Å². The molecule has 24 heavy (non-hydrogen) atoms. The molecule has 134 valence electrons. The molecule has 1 rings (SSSR count). The van der Waals surface area contributed by atoms with E-state index in [1.807, 2.05) is 30.4 Å². The van der Waals surface area contributed by atoms with E-state index in [4.69, 9.17) is 9.16 Å². The minimum Gasteiger partial charge on any atom is -0.497 e. The smallest absolute Gasteiger partial charge is 0.200 e. The Morgan fingerprint density at radius 2 is 1.42 bits per heavy atom. The summed E-state index contributed by atoms with van der Waals surface area (Å²) in [5, 5.41) is 0. The molecule has 0 radical (unpaired) electrons. The number of ether oxygens (including phenoxy) is 1. The van der Waals surface area contributed by atoms with E-state index in [9.17, 15) is 0 Å². The van der Waals surface area contributed by atoms with Crippen molar-refractivity contribution in [2.24, 2.45) is 0 Å². The Hall–Kier alpha value is -1.32. The summed E-state index contributed by atoms with van der Waals surface area (Å²) in [7, 11) is -1.77. The average molecular weight is 347 g/mol. The lowest BCUT2D eigenvalue weighted by atomic mass is 10.2. The first-order valence-electron chi connectivity index (χ1n) is 9.03. The molecule has 0 aliphatic carbocycles. The van der Waals surface area contributed by atoms with Crippen LogP contribution in [0, 0.1) is 0 Å². The van der Waals surface area contributed by atoms with Crippen molar-refractivity contribution < 1.29 is 9.16 Å². The number of hydrogen-bond acceptors (Lipinski definition) is 2. The molecular formula is C21H34O2Si. The van der Waals surface area contributed by atoms with Crippen molar-refractivity contribution in [2.75, 3.05) is 13.2 Å². The third-order valence-electron chi connectivity index (χ3n) is 4.63. The number of benzene rings is 1. The van der Waals surface area contributed by atoms with Crippen LogP contribution in [0.3, 0.4) is 0 Å². The predicted octanol–water partition coefficient (Wildman–Crippen LogP) is 6.42. The maximum absolute atomic E-state index is 6.44. The maximum Gasteiger partial charge on any atom is 0.200 e. The van der Waals surface area contributed by atoms with Crippen LogP contribution in [0.1, 0.15) is 47.1 Å². The molecular weight excluding hydrogens is 312 g/mol. The molecule has 3 heteroatoms. The number of rotatable bonds is 10. The van der Waals surface area contributed by atoms with Crippen molar-refractivity contribution in [3.8, 4) is 0 Å². The summed E-state index contributed by atoms with van der Waals surface area (Å²) in [5.74, 6) is 0. The highest BCUT2D eigenvalue weighted by molar-refractivity contribution is 6.77. The van der Waals surface area contributed by atoms with Gasteiger partial charge in [-0.1, -0.05) is 78.0 Å². The van der Waals surface area contributed by atoms with E-state index < -0.39 is 8.32 Å². The maximum atomic E-state index is 6.44. The van der Waals surface area contributed by atoms with E-state index in [-0.39, 0.29) is 0 Å². The topological polar surface area (TPSA) is 18.5 Å². The van der Waals surface area contributed by atoms with E-state index in [0.29, 0.717) is 29.8 Å². The zero-order valence-corrected chi connectivity index (χ0v) is 17.2. The molecule has 0 spiro atoms. The molecule has 0 aliphatic rings. The molecule has 0 N–H and O–H groups in total. The van der Waals surface area contributed by atoms with Gasteiger partial charge < -0.3 is 9.16 Å². The molecule has 0 saturated carbocycles. The van der Waals surface area contributed by atoms with Gasteiger partial charge >= 0.3 is 0 Å². The van der Waals surface area contributed by atoms with Crippen LogP contribution in [0.15, 0.2) is 48.7 Å². The van der Waals surface area contributed by atoms with Crippen molar-refractivity contribution >= 4 is 14.4 Å². The van der Waals surface area contributed by atoms with Crippen LogP contribution in [0.2, 0.25) is 16.6 Å². The first-order valence-corrected chi connectivity index (χ1v) is 11.2. The molecule has 0 fully saturated rings. The largest absolute Gasteiger partial charge is 0.497 e. The van der Waals surface area contributed by atoms with Crippen molar-refractivity contribution in [1.82, 2.24) is 0 Å². The van der Waals surface area contributed by atoms with E-state index in [2.05, 4.69) is 59.8 Å². The minimum atomic E-state index is -1.77. The first-order chi connectivity index (χ1) is 11.4. The third kappa shape index (κ3) is 5.95. The quantitative estimate of drug-likeness (QED) is 0.276. The van der Waals surface area contributed by atoms with E-state index in [1.165, 1.54) is 5.56 Å². The highest BCUT2D eigenvalue weighted by atomic mass is 28.4. The second kappa shape index (κ2) is 10.5. The monoisotopic (exact) mass is 346 g/mol. The second-order valence-electron chi connectivity index (χ2n) is 7.15. The summed E-state index contributed by atoms with van der Waals surface area (Å²) in [6, 6.07) is 10.2. The molecule has 2 nitrogen and oxygen atoms in total. The highest BCUT2D eigenvalue weighted by Crippen LogP contribution is 2.42. The van der Waals surface area contributed by atoms with Gasteiger partial charge in [0.25, 0.3) is 0 Å². The molecule has 1 aromatic carbocycles. The molecule has 0 aliphatic heterocycles. The standard InChI is InChI=1S/C21H34O2Si/c1-18(2)24(19(3)4,20(5)6)23-17-11-16-22-15-10-14-21-12-8-7-9-13-21/h7-14,16,18-20H,15,17H2,1-6H3/b14-10+,16-11+. The predicted molar refractivity (Wildman–Crippen MR) is 108 cm³/mol. The number of hydrogen-bond donors (Lipinski definition) is 0. The average Bonchev–Trinajstić information content (AvgIpc) is 2.53. The SMILES string of the molecule is CC(C)[Si](OC/C=C/OC/C=C/c1ccccc1)(C(C)C)C(C)C. The van der Waals surface area contributed by atoms with Crippen molar-refractivity contribution in [3.63, 3.8) is 0 Å². The van der Waals surface area contributed by atoms with Crippen molar-refractivity contribution in [3.05, 3.63) is 54.3 Å². The Morgan fingerprint density at radius 3 is 1.96 bits per heavy atom. The lowest BCUT2D eigenvalue weighted by molar-refractivity contribution is 0.276. The van der Waals surface area contributed by atoms with Gasteiger partial charge in [0.2, 0.25) is 8.32 Å². The zero-order chi connectivity index (χ0) is 18.0. The van der Waals surface area contributed by atoms with E-state index in [0.717, 1.165) is 0 Å². The molecule has 0 unspecified atom stereocenters. The van der Waals surface area contributed by atoms with Crippen LogP contribution < -0.4 is 0 Å². The van der Waals surface area contributed by atoms with Gasteiger partial charge in [-0.05, 0) is 34.3 Å². The summed E-state index contributed by atoms with van der Waals surface area (Å²) >= 11 is 0. The van der Waals surface area contributed by atoms with Crippen LogP contribution >= 0.6 is 0 Å². The summed E-state index contributed by atoms with van der Waals surface area (Å²) in [6.45, 7) is 15.1. The van der Waals surface area contributed by atoms with Gasteiger partial charge in [-0.25, -0.2) is 0 Å². The molecule has 0 amide bonds. The molecule has 1 aromatic rings. The highest BCUT2D eigenvalue weighted by Gasteiger charge is 2.44. The van der Waals surface area contributed by atoms with Gasteiger partial charge in [0, 0.05) is 0 Å². The van der Waals surface area contributed by atoms with Gasteiger partial charge in [-0.2, -0.15) is 0 Å². The van der Waals surface area contributed by atoms with E-state index >= 15 is 0 Å². The van der Waals surface area contributed by atoms with Crippen molar-refractivity contribution in [1.29, 1.82) is 0 Å². The molecule has 0 heterocycles. The first kappa shape index (κ1) is 20.7. The van der Waals surface area contributed by atoms with Crippen LogP contribution in [-0.4, -0.2) is 21.5 Å². The lowest BCUT2D eigenvalue weighted by Crippen LogP contribution is -2.47. The van der Waals surface area contributed by atoms with Gasteiger partial charge in [-0.15, -0.1) is 0 Å². The summed E-state index contributed by atoms with van der Waals surface area (Å²) in [6.07, 6.45) is 7.84. The van der Waals surface area contributed by atoms with Gasteiger partial charge in [-0.3, -0.25) is 0 Å². The minimum absolute atomic E-state index is 0.576. The Bertz CT molecular complexity index is 482. The van der Waals surface area contributed by atoms with Crippen LogP contribution in [-0.2, 0) is 9.16 Å². The van der Waals surface area contributed by atoms with Gasteiger partial charge in [0.15, 0.2) is 0 Å². The second-order valence-corrected chi connectivity index (χ2v) is 12.6. The fourth-order valence-corrected chi connectivity index (χ4v) is 9.04. The Labute approximate surface area is 149 Å². The summed E-state index contributed by atoms with van der Waals surface area (Å²) in [5.41, 5.74) is 3.02. The third-order valence-corrected chi connectivity index (χ3v) is 10.7. The summed E-state index contributed by atoms with van der Waals surface area (Å²) < 4.78 is 12.0. The van der Waals surface area contributed by atoms with Crippen LogP contribution in [0.25, 0.3) is 6.08 Å². The van der Waals surface area contributed by atoms with Crippen molar-refractivity contribution in [2.45, 2.75) is 58.2 Å². The Kier molecular flexibility index (Phi) is 9.09. The molecule has 0 saturated heterocycles. The molecule has 0 bridgehead atoms. The van der Waals surface area contributed by atoms with Gasteiger partial charge in [0.1, 0.15) is 6.61 Å². The normalized spacial score (nSPS) is 13.0. The Balaban J connectivity index is 2.39. The Morgan fingerprint density at radius 1 is 0.833 bits per heavy atom.